The summed E-state index contributed by atoms with van der Waals surface area (Å²) < 4.78 is 29.1. The van der Waals surface area contributed by atoms with Crippen molar-refractivity contribution in [3.63, 3.8) is 0 Å². The number of sulfone groups is 1. The van der Waals surface area contributed by atoms with Crippen LogP contribution in [0.5, 0.6) is 5.75 Å². The third kappa shape index (κ3) is 6.05. The summed E-state index contributed by atoms with van der Waals surface area (Å²) in [6.07, 6.45) is 1.14. The predicted molar refractivity (Wildman–Crippen MR) is 87.8 cm³/mol. The van der Waals surface area contributed by atoms with Crippen LogP contribution in [0.1, 0.15) is 32.3 Å². The Bertz CT molecular complexity index is 566. The summed E-state index contributed by atoms with van der Waals surface area (Å²) in [5.74, 6) is 0.387. The summed E-state index contributed by atoms with van der Waals surface area (Å²) in [6.45, 7) is 6.09. The Morgan fingerprint density at radius 1 is 1.27 bits per heavy atom. The van der Waals surface area contributed by atoms with Crippen molar-refractivity contribution < 1.29 is 17.9 Å². The second kappa shape index (κ2) is 8.78. The maximum Gasteiger partial charge on any atom is 0.238 e. The number of amides is 1. The van der Waals surface area contributed by atoms with E-state index in [-0.39, 0.29) is 5.75 Å². The van der Waals surface area contributed by atoms with E-state index in [9.17, 15) is 13.2 Å². The number of ether oxygens (including phenoxy) is 1. The molecule has 1 atom stereocenters. The van der Waals surface area contributed by atoms with Crippen molar-refractivity contribution in [3.8, 4) is 5.75 Å². The standard InChI is InChI=1S/C16H25NO4S/c1-4-12-22(19,20)14(3)16(18)17-10-5-11-21-15-8-6-13(2)7-9-15/h6-9,14H,4-5,10-12H2,1-3H3,(H,17,18)/t14-/m0/s1. The molecule has 1 aromatic rings. The van der Waals surface area contributed by atoms with Crippen molar-refractivity contribution in [3.05, 3.63) is 29.8 Å². The lowest BCUT2D eigenvalue weighted by Gasteiger charge is -2.13. The fraction of sp³-hybridized carbons (Fsp3) is 0.562. The minimum atomic E-state index is -3.34. The molecule has 1 rings (SSSR count). The van der Waals surface area contributed by atoms with Gasteiger partial charge in [0.25, 0.3) is 0 Å². The molecule has 0 aliphatic rings. The summed E-state index contributed by atoms with van der Waals surface area (Å²) in [7, 11) is -3.34. The summed E-state index contributed by atoms with van der Waals surface area (Å²) in [5, 5.41) is 1.65. The average molecular weight is 327 g/mol. The lowest BCUT2D eigenvalue weighted by atomic mass is 10.2. The molecule has 0 fully saturated rings. The number of hydrogen-bond donors (Lipinski definition) is 1. The monoisotopic (exact) mass is 327 g/mol. The number of aryl methyl sites for hydroxylation is 1. The second-order valence-electron chi connectivity index (χ2n) is 5.32. The van der Waals surface area contributed by atoms with E-state index in [1.54, 1.807) is 6.92 Å². The highest BCUT2D eigenvalue weighted by molar-refractivity contribution is 7.92. The molecule has 0 aliphatic heterocycles. The summed E-state index contributed by atoms with van der Waals surface area (Å²) >= 11 is 0. The molecule has 22 heavy (non-hydrogen) atoms. The van der Waals surface area contributed by atoms with E-state index in [4.69, 9.17) is 4.74 Å². The van der Waals surface area contributed by atoms with Gasteiger partial charge in [0, 0.05) is 6.54 Å². The summed E-state index contributed by atoms with van der Waals surface area (Å²) in [6, 6.07) is 7.73. The van der Waals surface area contributed by atoms with Gasteiger partial charge in [0.15, 0.2) is 9.84 Å². The summed E-state index contributed by atoms with van der Waals surface area (Å²) in [5.41, 5.74) is 1.17. The second-order valence-corrected chi connectivity index (χ2v) is 7.76. The molecular formula is C16H25NO4S. The normalized spacial score (nSPS) is 12.7. The predicted octanol–water partition coefficient (Wildman–Crippen LogP) is 2.09. The molecule has 0 saturated heterocycles. The van der Waals surface area contributed by atoms with E-state index >= 15 is 0 Å². The molecule has 0 unspecified atom stereocenters. The van der Waals surface area contributed by atoms with Crippen LogP contribution >= 0.6 is 0 Å². The number of nitrogens with one attached hydrogen (secondary N) is 1. The third-order valence-corrected chi connectivity index (χ3v) is 5.58. The molecule has 0 aromatic heterocycles. The Labute approximate surface area is 133 Å². The molecular weight excluding hydrogens is 302 g/mol. The maximum absolute atomic E-state index is 11.8. The number of benzene rings is 1. The highest BCUT2D eigenvalue weighted by Gasteiger charge is 2.26. The molecule has 0 spiro atoms. The van der Waals surface area contributed by atoms with Gasteiger partial charge in [-0.05, 0) is 38.8 Å². The third-order valence-electron chi connectivity index (χ3n) is 3.31. The van der Waals surface area contributed by atoms with Crippen LogP contribution in [-0.2, 0) is 14.6 Å². The van der Waals surface area contributed by atoms with E-state index in [0.29, 0.717) is 26.0 Å². The molecule has 1 aromatic carbocycles. The van der Waals surface area contributed by atoms with Gasteiger partial charge in [-0.25, -0.2) is 8.42 Å². The number of carbonyl (C=O) groups excluding carboxylic acids is 1. The lowest BCUT2D eigenvalue weighted by molar-refractivity contribution is -0.120. The molecule has 6 heteroatoms. The van der Waals surface area contributed by atoms with E-state index in [2.05, 4.69) is 5.32 Å². The van der Waals surface area contributed by atoms with Crippen molar-refractivity contribution in [2.24, 2.45) is 0 Å². The average Bonchev–Trinajstić information content (AvgIpc) is 2.47. The Balaban J connectivity index is 2.26. The van der Waals surface area contributed by atoms with Gasteiger partial charge < -0.3 is 10.1 Å². The van der Waals surface area contributed by atoms with Gasteiger partial charge in [-0.15, -0.1) is 0 Å². The van der Waals surface area contributed by atoms with E-state index < -0.39 is 21.0 Å². The van der Waals surface area contributed by atoms with Crippen molar-refractivity contribution in [1.82, 2.24) is 5.32 Å². The molecule has 124 valence electrons. The molecule has 5 nitrogen and oxygen atoms in total. The first kappa shape index (κ1) is 18.5. The number of hydrogen-bond acceptors (Lipinski definition) is 4. The number of rotatable bonds is 9. The molecule has 0 radical (unpaired) electrons. The van der Waals surface area contributed by atoms with Crippen LogP contribution in [0.3, 0.4) is 0 Å². The molecule has 0 bridgehead atoms. The SMILES string of the molecule is CCCS(=O)(=O)[C@@H](C)C(=O)NCCCOc1ccc(C)cc1. The first-order chi connectivity index (χ1) is 10.4. The van der Waals surface area contributed by atoms with Crippen LogP contribution in [0.2, 0.25) is 0 Å². The smallest absolute Gasteiger partial charge is 0.238 e. The Hall–Kier alpha value is -1.56. The van der Waals surface area contributed by atoms with Gasteiger partial charge in [0.2, 0.25) is 5.91 Å². The van der Waals surface area contributed by atoms with Gasteiger partial charge in [-0.2, -0.15) is 0 Å². The first-order valence-corrected chi connectivity index (χ1v) is 9.27. The Kier molecular flexibility index (Phi) is 7.38. The molecule has 0 aliphatic carbocycles. The fourth-order valence-corrected chi connectivity index (χ4v) is 3.21. The maximum atomic E-state index is 11.8. The largest absolute Gasteiger partial charge is 0.494 e. The Morgan fingerprint density at radius 2 is 1.91 bits per heavy atom. The van der Waals surface area contributed by atoms with Crippen LogP contribution < -0.4 is 10.1 Å². The zero-order valence-corrected chi connectivity index (χ0v) is 14.3. The zero-order chi connectivity index (χ0) is 16.6. The van der Waals surface area contributed by atoms with Crippen molar-refractivity contribution in [2.45, 2.75) is 38.9 Å². The van der Waals surface area contributed by atoms with Crippen LogP contribution in [0, 0.1) is 6.92 Å². The van der Waals surface area contributed by atoms with Crippen LogP contribution in [0.25, 0.3) is 0 Å². The topological polar surface area (TPSA) is 72.5 Å². The van der Waals surface area contributed by atoms with Crippen LogP contribution in [-0.4, -0.2) is 38.5 Å². The minimum absolute atomic E-state index is 0.0398. The van der Waals surface area contributed by atoms with E-state index in [0.717, 1.165) is 5.75 Å². The van der Waals surface area contributed by atoms with Crippen molar-refractivity contribution >= 4 is 15.7 Å². The number of carbonyl (C=O) groups is 1. The highest BCUT2D eigenvalue weighted by Crippen LogP contribution is 2.11. The van der Waals surface area contributed by atoms with Crippen LogP contribution in [0.4, 0.5) is 0 Å². The van der Waals surface area contributed by atoms with Gasteiger partial charge in [0.05, 0.1) is 12.4 Å². The van der Waals surface area contributed by atoms with E-state index in [1.807, 2.05) is 31.2 Å². The highest BCUT2D eigenvalue weighted by atomic mass is 32.2. The van der Waals surface area contributed by atoms with E-state index in [1.165, 1.54) is 12.5 Å². The van der Waals surface area contributed by atoms with Gasteiger partial charge >= 0.3 is 0 Å². The van der Waals surface area contributed by atoms with Crippen molar-refractivity contribution in [2.75, 3.05) is 18.9 Å². The van der Waals surface area contributed by atoms with Gasteiger partial charge in [-0.1, -0.05) is 24.6 Å². The molecule has 0 saturated carbocycles. The molecule has 0 heterocycles. The Morgan fingerprint density at radius 3 is 2.50 bits per heavy atom. The zero-order valence-electron chi connectivity index (χ0n) is 13.5. The fourth-order valence-electron chi connectivity index (χ4n) is 1.88. The lowest BCUT2D eigenvalue weighted by Crippen LogP contribution is -2.39. The molecule has 1 N–H and O–H groups in total. The first-order valence-electron chi connectivity index (χ1n) is 7.55. The van der Waals surface area contributed by atoms with Crippen LogP contribution in [0.15, 0.2) is 24.3 Å². The van der Waals surface area contributed by atoms with Gasteiger partial charge in [0.1, 0.15) is 11.0 Å². The molecule has 1 amide bonds. The summed E-state index contributed by atoms with van der Waals surface area (Å²) in [4.78, 5) is 11.8. The quantitative estimate of drug-likeness (QED) is 0.705. The van der Waals surface area contributed by atoms with Crippen molar-refractivity contribution in [1.29, 1.82) is 0 Å². The van der Waals surface area contributed by atoms with Gasteiger partial charge in [-0.3, -0.25) is 4.79 Å². The minimum Gasteiger partial charge on any atom is -0.494 e.